The third kappa shape index (κ3) is 3.98. The Balaban J connectivity index is 2.21. The summed E-state index contributed by atoms with van der Waals surface area (Å²) in [4.78, 5) is 11.2. The third-order valence-corrected chi connectivity index (χ3v) is 3.60. The van der Waals surface area contributed by atoms with Crippen LogP contribution in [0.15, 0.2) is 11.2 Å². The second-order valence-corrected chi connectivity index (χ2v) is 5.45. The monoisotopic (exact) mass is 282 g/mol. The molecule has 0 aromatic carbocycles. The molecule has 1 aliphatic carbocycles. The van der Waals surface area contributed by atoms with Gasteiger partial charge in [0.1, 0.15) is 11.6 Å². The molecular weight excluding hydrogens is 260 g/mol. The average molecular weight is 282 g/mol. The van der Waals surface area contributed by atoms with Gasteiger partial charge < -0.3 is 15.3 Å². The molecule has 0 atom stereocenters. The van der Waals surface area contributed by atoms with Crippen LogP contribution in [0.25, 0.3) is 0 Å². The van der Waals surface area contributed by atoms with E-state index in [1.165, 1.54) is 12.8 Å². The molecule has 0 bridgehead atoms. The number of hydrogen-bond acceptors (Lipinski definition) is 6. The van der Waals surface area contributed by atoms with Crippen LogP contribution in [0.2, 0.25) is 0 Å². The number of hydrogen-bond donors (Lipinski definition) is 2. The molecule has 1 heterocycles. The molecule has 1 saturated carbocycles. The van der Waals surface area contributed by atoms with Gasteiger partial charge in [0, 0.05) is 25.2 Å². The van der Waals surface area contributed by atoms with E-state index in [1.54, 1.807) is 11.8 Å². The highest BCUT2D eigenvalue weighted by Gasteiger charge is 2.30. The van der Waals surface area contributed by atoms with Crippen LogP contribution in [0.5, 0.6) is 0 Å². The topological polar surface area (TPSA) is 61.3 Å². The Morgan fingerprint density at radius 3 is 2.84 bits per heavy atom. The summed E-state index contributed by atoms with van der Waals surface area (Å²) in [5, 5.41) is 13.3. The Morgan fingerprint density at radius 1 is 1.47 bits per heavy atom. The molecule has 1 aromatic heterocycles. The van der Waals surface area contributed by atoms with Gasteiger partial charge in [-0.2, -0.15) is 0 Å². The maximum Gasteiger partial charge on any atom is 0.191 e. The van der Waals surface area contributed by atoms with Crippen molar-refractivity contribution in [2.75, 3.05) is 36.2 Å². The van der Waals surface area contributed by atoms with Crippen molar-refractivity contribution < 1.29 is 5.11 Å². The number of aliphatic hydroxyl groups is 1. The first-order valence-corrected chi connectivity index (χ1v) is 8.05. The van der Waals surface area contributed by atoms with Crippen molar-refractivity contribution in [2.45, 2.75) is 37.4 Å². The van der Waals surface area contributed by atoms with Crippen molar-refractivity contribution in [3.8, 4) is 0 Å². The van der Waals surface area contributed by atoms with Crippen molar-refractivity contribution in [1.29, 1.82) is 0 Å². The van der Waals surface area contributed by atoms with Crippen LogP contribution in [-0.4, -0.2) is 47.1 Å². The lowest BCUT2D eigenvalue weighted by molar-refractivity contribution is 0.301. The number of nitrogens with zero attached hydrogens (tertiary/aromatic N) is 3. The van der Waals surface area contributed by atoms with E-state index in [9.17, 15) is 5.11 Å². The third-order valence-electron chi connectivity index (χ3n) is 3.05. The minimum absolute atomic E-state index is 0.160. The second kappa shape index (κ2) is 6.96. The molecule has 0 unspecified atom stereocenters. The zero-order valence-electron chi connectivity index (χ0n) is 11.6. The molecule has 1 aliphatic rings. The largest absolute Gasteiger partial charge is 0.395 e. The minimum Gasteiger partial charge on any atom is -0.395 e. The number of aliphatic hydroxyl groups excluding tert-OH is 1. The fourth-order valence-corrected chi connectivity index (χ4v) is 2.35. The van der Waals surface area contributed by atoms with Gasteiger partial charge in [0.05, 0.1) is 6.61 Å². The van der Waals surface area contributed by atoms with Gasteiger partial charge >= 0.3 is 0 Å². The Labute approximate surface area is 118 Å². The maximum atomic E-state index is 9.21. The number of anilines is 2. The Kier molecular flexibility index (Phi) is 5.27. The molecule has 0 spiro atoms. The molecule has 5 nitrogen and oxygen atoms in total. The molecule has 106 valence electrons. The zero-order valence-corrected chi connectivity index (χ0v) is 12.4. The SMILES string of the molecule is CCCNc1cc(N(CCO)C2CC2)nc(SC)n1. The Bertz CT molecular complexity index is 412. The normalized spacial score (nSPS) is 14.5. The lowest BCUT2D eigenvalue weighted by atomic mass is 10.4. The maximum absolute atomic E-state index is 9.21. The van der Waals surface area contributed by atoms with Gasteiger partial charge in [0.15, 0.2) is 5.16 Å². The lowest BCUT2D eigenvalue weighted by Gasteiger charge is -2.23. The van der Waals surface area contributed by atoms with Crippen LogP contribution in [0.4, 0.5) is 11.6 Å². The summed E-state index contributed by atoms with van der Waals surface area (Å²) < 4.78 is 0. The number of thioether (sulfide) groups is 1. The number of rotatable bonds is 8. The molecule has 1 aromatic rings. The first-order chi connectivity index (χ1) is 9.28. The van der Waals surface area contributed by atoms with Gasteiger partial charge in [-0.05, 0) is 25.5 Å². The van der Waals surface area contributed by atoms with Crippen molar-refractivity contribution in [3.63, 3.8) is 0 Å². The highest BCUT2D eigenvalue weighted by atomic mass is 32.2. The summed E-state index contributed by atoms with van der Waals surface area (Å²) in [5.74, 6) is 1.80. The lowest BCUT2D eigenvalue weighted by Crippen LogP contribution is -2.30. The molecule has 19 heavy (non-hydrogen) atoms. The predicted octanol–water partition coefficient (Wildman–Crippen LogP) is 1.98. The van der Waals surface area contributed by atoms with E-state index >= 15 is 0 Å². The summed E-state index contributed by atoms with van der Waals surface area (Å²) in [6.07, 6.45) is 5.43. The van der Waals surface area contributed by atoms with Crippen LogP contribution < -0.4 is 10.2 Å². The van der Waals surface area contributed by atoms with Crippen molar-refractivity contribution in [1.82, 2.24) is 9.97 Å². The fourth-order valence-electron chi connectivity index (χ4n) is 1.97. The van der Waals surface area contributed by atoms with Gasteiger partial charge in [-0.25, -0.2) is 9.97 Å². The molecule has 1 fully saturated rings. The van der Waals surface area contributed by atoms with Crippen LogP contribution in [-0.2, 0) is 0 Å². The molecule has 2 N–H and O–H groups in total. The molecule has 0 amide bonds. The van der Waals surface area contributed by atoms with Gasteiger partial charge in [0.25, 0.3) is 0 Å². The zero-order chi connectivity index (χ0) is 13.7. The Morgan fingerprint density at radius 2 is 2.26 bits per heavy atom. The van der Waals surface area contributed by atoms with E-state index in [0.717, 1.165) is 29.8 Å². The van der Waals surface area contributed by atoms with Gasteiger partial charge in [0.2, 0.25) is 0 Å². The first-order valence-electron chi connectivity index (χ1n) is 6.83. The van der Waals surface area contributed by atoms with E-state index in [4.69, 9.17) is 0 Å². The quantitative estimate of drug-likeness (QED) is 0.561. The van der Waals surface area contributed by atoms with Crippen LogP contribution in [0.1, 0.15) is 26.2 Å². The predicted molar refractivity (Wildman–Crippen MR) is 80.0 cm³/mol. The van der Waals surface area contributed by atoms with E-state index in [-0.39, 0.29) is 6.61 Å². The highest BCUT2D eigenvalue weighted by molar-refractivity contribution is 7.98. The summed E-state index contributed by atoms with van der Waals surface area (Å²) in [6, 6.07) is 2.53. The second-order valence-electron chi connectivity index (χ2n) is 4.67. The first kappa shape index (κ1) is 14.4. The molecule has 0 radical (unpaired) electrons. The Hall–Kier alpha value is -1.01. The highest BCUT2D eigenvalue weighted by Crippen LogP contribution is 2.31. The van der Waals surface area contributed by atoms with Gasteiger partial charge in [-0.3, -0.25) is 0 Å². The van der Waals surface area contributed by atoms with E-state index in [1.807, 2.05) is 12.3 Å². The van der Waals surface area contributed by atoms with Crippen LogP contribution >= 0.6 is 11.8 Å². The molecule has 0 saturated heterocycles. The van der Waals surface area contributed by atoms with Crippen molar-refractivity contribution in [3.05, 3.63) is 6.07 Å². The van der Waals surface area contributed by atoms with Gasteiger partial charge in [-0.15, -0.1) is 0 Å². The van der Waals surface area contributed by atoms with Crippen LogP contribution in [0.3, 0.4) is 0 Å². The average Bonchev–Trinajstić information content (AvgIpc) is 3.26. The number of aromatic nitrogens is 2. The summed E-state index contributed by atoms with van der Waals surface area (Å²) >= 11 is 1.55. The summed E-state index contributed by atoms with van der Waals surface area (Å²) in [5.41, 5.74) is 0. The van der Waals surface area contributed by atoms with Gasteiger partial charge in [-0.1, -0.05) is 18.7 Å². The van der Waals surface area contributed by atoms with Crippen LogP contribution in [0, 0.1) is 0 Å². The summed E-state index contributed by atoms with van der Waals surface area (Å²) in [7, 11) is 0. The summed E-state index contributed by atoms with van der Waals surface area (Å²) in [6.45, 7) is 3.84. The smallest absolute Gasteiger partial charge is 0.191 e. The van der Waals surface area contributed by atoms with E-state index < -0.39 is 0 Å². The number of nitrogens with one attached hydrogen (secondary N) is 1. The molecular formula is C13H22N4OS. The molecule has 6 heteroatoms. The minimum atomic E-state index is 0.160. The molecule has 2 rings (SSSR count). The molecule has 0 aliphatic heterocycles. The standard InChI is InChI=1S/C13H22N4OS/c1-3-6-14-11-9-12(16-13(15-11)19-2)17(7-8-18)10-4-5-10/h9-10,18H,3-8H2,1-2H3,(H,14,15,16). The van der Waals surface area contributed by atoms with E-state index in [2.05, 4.69) is 27.1 Å². The van der Waals surface area contributed by atoms with Crippen molar-refractivity contribution in [2.24, 2.45) is 0 Å². The van der Waals surface area contributed by atoms with E-state index in [0.29, 0.717) is 12.6 Å². The van der Waals surface area contributed by atoms with Crippen molar-refractivity contribution >= 4 is 23.4 Å². The fraction of sp³-hybridized carbons (Fsp3) is 0.692.